The number of Topliss-reactive ketones (excluding diaryl/α,β-unsaturated/α-hetero) is 1. The number of carbonyl (C=O) groups excluding carboxylic acids is 2. The highest BCUT2D eigenvalue weighted by Crippen LogP contribution is 2.46. The van der Waals surface area contributed by atoms with E-state index in [1.807, 2.05) is 0 Å². The Morgan fingerprint density at radius 2 is 1.29 bits per heavy atom. The normalized spacial score (nSPS) is 22.5. The monoisotopic (exact) mass is 394 g/mol. The van der Waals surface area contributed by atoms with E-state index in [1.54, 1.807) is 6.92 Å². The molecule has 2 heterocycles. The third-order valence-electron chi connectivity index (χ3n) is 6.45. The first-order valence-electron chi connectivity index (χ1n) is 11.9. The van der Waals surface area contributed by atoms with Crippen molar-refractivity contribution < 1.29 is 9.59 Å². The smallest absolute Gasteiger partial charge is 0.225 e. The first-order valence-corrected chi connectivity index (χ1v) is 11.9. The van der Waals surface area contributed by atoms with Crippen LogP contribution in [-0.4, -0.2) is 42.8 Å². The maximum absolute atomic E-state index is 12.6. The van der Waals surface area contributed by atoms with Crippen molar-refractivity contribution in [1.29, 1.82) is 0 Å². The van der Waals surface area contributed by atoms with Crippen LogP contribution in [0.4, 0.5) is 0 Å². The molecule has 0 bridgehead atoms. The molecular formula is C24H46N2O2. The summed E-state index contributed by atoms with van der Waals surface area (Å²) in [6, 6.07) is 0. The second-order valence-corrected chi connectivity index (χ2v) is 9.15. The highest BCUT2D eigenvalue weighted by molar-refractivity contribution is 5.79. The molecule has 4 heteroatoms. The van der Waals surface area contributed by atoms with Gasteiger partial charge in [0.15, 0.2) is 0 Å². The first-order chi connectivity index (χ1) is 13.4. The quantitative estimate of drug-likeness (QED) is 0.700. The van der Waals surface area contributed by atoms with Gasteiger partial charge in [0.1, 0.15) is 5.78 Å². The van der Waals surface area contributed by atoms with E-state index in [4.69, 9.17) is 0 Å². The van der Waals surface area contributed by atoms with Crippen LogP contribution in [0.2, 0.25) is 0 Å². The molecule has 3 rings (SSSR count). The van der Waals surface area contributed by atoms with E-state index in [2.05, 4.69) is 37.9 Å². The second kappa shape index (κ2) is 13.3. The molecule has 28 heavy (non-hydrogen) atoms. The number of hydrogen-bond donors (Lipinski definition) is 1. The van der Waals surface area contributed by atoms with Crippen molar-refractivity contribution in [2.75, 3.05) is 26.2 Å². The average Bonchev–Trinajstić information content (AvgIpc) is 2.70. The van der Waals surface area contributed by atoms with Gasteiger partial charge in [0, 0.05) is 24.9 Å². The number of nitrogens with one attached hydrogen (secondary N) is 1. The Balaban J connectivity index is 0.000000582. The maximum Gasteiger partial charge on any atom is 0.225 e. The van der Waals surface area contributed by atoms with Gasteiger partial charge in [0.25, 0.3) is 0 Å². The molecule has 0 aromatic heterocycles. The van der Waals surface area contributed by atoms with Crippen molar-refractivity contribution >= 4 is 11.7 Å². The Morgan fingerprint density at radius 1 is 0.821 bits per heavy atom. The summed E-state index contributed by atoms with van der Waals surface area (Å²) in [5.74, 6) is 1.32. The Kier molecular flexibility index (Phi) is 12.0. The summed E-state index contributed by atoms with van der Waals surface area (Å²) in [6.07, 6.45) is 11.3. The van der Waals surface area contributed by atoms with Crippen LogP contribution < -0.4 is 5.32 Å². The van der Waals surface area contributed by atoms with E-state index in [0.29, 0.717) is 23.0 Å². The Labute approximate surface area is 174 Å². The zero-order chi connectivity index (χ0) is 21.0. The van der Waals surface area contributed by atoms with Crippen LogP contribution in [-0.2, 0) is 9.59 Å². The summed E-state index contributed by atoms with van der Waals surface area (Å²) in [7, 11) is 0. The lowest BCUT2D eigenvalue weighted by atomic mass is 9.65. The van der Waals surface area contributed by atoms with Crippen LogP contribution in [0.1, 0.15) is 98.8 Å². The molecule has 0 atom stereocenters. The molecule has 1 saturated carbocycles. The van der Waals surface area contributed by atoms with Gasteiger partial charge in [-0.15, -0.1) is 0 Å². The predicted octanol–water partition coefficient (Wildman–Crippen LogP) is 5.21. The number of nitrogens with zero attached hydrogens (tertiary/aromatic N) is 1. The molecule has 3 fully saturated rings. The highest BCUT2D eigenvalue weighted by Gasteiger charge is 2.40. The molecule has 0 radical (unpaired) electrons. The fourth-order valence-corrected chi connectivity index (χ4v) is 4.67. The molecule has 0 aromatic carbocycles. The molecule has 2 saturated heterocycles. The van der Waals surface area contributed by atoms with Gasteiger partial charge < -0.3 is 10.2 Å². The SMILES string of the molecule is CC(=O)C1CCC2(CC1)CCN(C(=O)C1CCNCC1)CC2.CCC.CCC. The van der Waals surface area contributed by atoms with E-state index in [9.17, 15) is 9.59 Å². The van der Waals surface area contributed by atoms with Crippen LogP contribution in [0, 0.1) is 17.3 Å². The number of carbonyl (C=O) groups is 2. The number of ketones is 1. The van der Waals surface area contributed by atoms with Crippen molar-refractivity contribution in [3.05, 3.63) is 0 Å². The Hall–Kier alpha value is -0.900. The molecule has 4 nitrogen and oxygen atoms in total. The van der Waals surface area contributed by atoms with E-state index in [-0.39, 0.29) is 5.92 Å². The van der Waals surface area contributed by atoms with E-state index >= 15 is 0 Å². The summed E-state index contributed by atoms with van der Waals surface area (Å²) in [5.41, 5.74) is 0.427. The van der Waals surface area contributed by atoms with Crippen LogP contribution >= 0.6 is 0 Å². The standard InChI is InChI=1S/C18H30N2O2.2C3H8/c1-14(21)15-2-6-18(7-3-15)8-12-20(13-9-18)17(22)16-4-10-19-11-5-16;2*1-3-2/h15-16,19H,2-13H2,1H3;2*3H2,1-2H3. The molecular weight excluding hydrogens is 348 g/mol. The van der Waals surface area contributed by atoms with E-state index in [1.165, 1.54) is 25.7 Å². The molecule has 3 aliphatic rings. The molecule has 1 aliphatic carbocycles. The summed E-state index contributed by atoms with van der Waals surface area (Å²) in [6.45, 7) is 14.1. The minimum atomic E-state index is 0.253. The lowest BCUT2D eigenvalue weighted by Crippen LogP contribution is -2.48. The number of piperidine rings is 2. The van der Waals surface area contributed by atoms with Crippen molar-refractivity contribution in [3.63, 3.8) is 0 Å². The second-order valence-electron chi connectivity index (χ2n) is 9.15. The van der Waals surface area contributed by atoms with Gasteiger partial charge in [-0.25, -0.2) is 0 Å². The minimum absolute atomic E-state index is 0.253. The van der Waals surface area contributed by atoms with Crippen molar-refractivity contribution in [1.82, 2.24) is 10.2 Å². The van der Waals surface area contributed by atoms with Crippen molar-refractivity contribution in [3.8, 4) is 0 Å². The zero-order valence-corrected chi connectivity index (χ0v) is 19.3. The van der Waals surface area contributed by atoms with Gasteiger partial charge in [-0.1, -0.05) is 40.5 Å². The third-order valence-corrected chi connectivity index (χ3v) is 6.45. The van der Waals surface area contributed by atoms with Gasteiger partial charge in [0.05, 0.1) is 0 Å². The third kappa shape index (κ3) is 7.85. The summed E-state index contributed by atoms with van der Waals surface area (Å²) >= 11 is 0. The molecule has 1 spiro atoms. The first kappa shape index (κ1) is 25.1. The van der Waals surface area contributed by atoms with E-state index < -0.39 is 0 Å². The van der Waals surface area contributed by atoms with Crippen LogP contribution in [0.15, 0.2) is 0 Å². The number of hydrogen-bond acceptors (Lipinski definition) is 3. The predicted molar refractivity (Wildman–Crippen MR) is 118 cm³/mol. The number of likely N-dealkylation sites (tertiary alicyclic amines) is 1. The molecule has 164 valence electrons. The fourth-order valence-electron chi connectivity index (χ4n) is 4.67. The van der Waals surface area contributed by atoms with Gasteiger partial charge in [-0.2, -0.15) is 0 Å². The Bertz CT molecular complexity index is 438. The largest absolute Gasteiger partial charge is 0.342 e. The van der Waals surface area contributed by atoms with Crippen molar-refractivity contribution in [2.45, 2.75) is 98.8 Å². The molecule has 2 aliphatic heterocycles. The summed E-state index contributed by atoms with van der Waals surface area (Å²) in [5, 5.41) is 3.33. The zero-order valence-electron chi connectivity index (χ0n) is 19.3. The van der Waals surface area contributed by atoms with Gasteiger partial charge in [-0.05, 0) is 76.8 Å². The molecule has 0 aromatic rings. The molecule has 1 amide bonds. The van der Waals surface area contributed by atoms with E-state index in [0.717, 1.165) is 64.7 Å². The summed E-state index contributed by atoms with van der Waals surface area (Å²) < 4.78 is 0. The average molecular weight is 395 g/mol. The van der Waals surface area contributed by atoms with Gasteiger partial charge in [0.2, 0.25) is 5.91 Å². The van der Waals surface area contributed by atoms with Crippen molar-refractivity contribution in [2.24, 2.45) is 17.3 Å². The van der Waals surface area contributed by atoms with Gasteiger partial charge in [-0.3, -0.25) is 9.59 Å². The number of amides is 1. The molecule has 0 unspecified atom stereocenters. The lowest BCUT2D eigenvalue weighted by molar-refractivity contribution is -0.139. The van der Waals surface area contributed by atoms with Crippen LogP contribution in [0.3, 0.4) is 0 Å². The van der Waals surface area contributed by atoms with Gasteiger partial charge >= 0.3 is 0 Å². The molecule has 1 N–H and O–H groups in total. The lowest BCUT2D eigenvalue weighted by Gasteiger charge is -2.46. The maximum atomic E-state index is 12.6. The van der Waals surface area contributed by atoms with Crippen LogP contribution in [0.5, 0.6) is 0 Å². The van der Waals surface area contributed by atoms with Crippen LogP contribution in [0.25, 0.3) is 0 Å². The number of rotatable bonds is 2. The topological polar surface area (TPSA) is 49.4 Å². The Morgan fingerprint density at radius 3 is 1.71 bits per heavy atom. The summed E-state index contributed by atoms with van der Waals surface area (Å²) in [4.78, 5) is 26.3. The minimum Gasteiger partial charge on any atom is -0.342 e. The fraction of sp³-hybridized carbons (Fsp3) is 0.917. The highest BCUT2D eigenvalue weighted by atomic mass is 16.2.